The minimum Gasteiger partial charge on any atom is -0.374 e. The van der Waals surface area contributed by atoms with Gasteiger partial charge in [0.25, 0.3) is 0 Å². The summed E-state index contributed by atoms with van der Waals surface area (Å²) in [7, 11) is 2.10. The average Bonchev–Trinajstić information content (AvgIpc) is 2.60. The van der Waals surface area contributed by atoms with Crippen molar-refractivity contribution >= 4 is 17.3 Å². The topological polar surface area (TPSA) is 32.3 Å². The second-order valence-corrected chi connectivity index (χ2v) is 4.66. The number of amides is 1. The lowest BCUT2D eigenvalue weighted by Crippen LogP contribution is -2.17. The largest absolute Gasteiger partial charge is 0.374 e. The number of hydrogen-bond acceptors (Lipinski definition) is 2. The number of rotatable bonds is 2. The Morgan fingerprint density at radius 3 is 2.88 bits per heavy atom. The fourth-order valence-electron chi connectivity index (χ4n) is 1.93. The van der Waals surface area contributed by atoms with Gasteiger partial charge in [-0.3, -0.25) is 4.79 Å². The van der Waals surface area contributed by atoms with E-state index >= 15 is 0 Å². The van der Waals surface area contributed by atoms with Gasteiger partial charge < -0.3 is 10.2 Å². The second-order valence-electron chi connectivity index (χ2n) is 4.66. The number of fused-ring (bicyclic) bond motifs is 1. The van der Waals surface area contributed by atoms with Crippen molar-refractivity contribution in [2.75, 3.05) is 23.8 Å². The lowest BCUT2D eigenvalue weighted by atomic mass is 10.1. The van der Waals surface area contributed by atoms with Crippen LogP contribution in [-0.4, -0.2) is 19.5 Å². The highest BCUT2D eigenvalue weighted by atomic mass is 16.1. The quantitative estimate of drug-likeness (QED) is 0.826. The van der Waals surface area contributed by atoms with Crippen molar-refractivity contribution in [1.29, 1.82) is 0 Å². The third-order valence-corrected chi connectivity index (χ3v) is 3.00. The molecular formula is C13H18N2O. The molecule has 0 atom stereocenters. The Balaban J connectivity index is 2.16. The summed E-state index contributed by atoms with van der Waals surface area (Å²) in [6.07, 6.45) is 1.07. The molecule has 0 aromatic heterocycles. The van der Waals surface area contributed by atoms with E-state index in [9.17, 15) is 4.79 Å². The van der Waals surface area contributed by atoms with Crippen LogP contribution >= 0.6 is 0 Å². The molecule has 1 amide bonds. The van der Waals surface area contributed by atoms with Crippen LogP contribution in [0.1, 0.15) is 19.4 Å². The highest BCUT2D eigenvalue weighted by molar-refractivity contribution is 5.92. The molecule has 0 saturated heterocycles. The van der Waals surface area contributed by atoms with Crippen LogP contribution in [0.3, 0.4) is 0 Å². The molecule has 1 aromatic rings. The normalized spacial score (nSPS) is 14.1. The first-order chi connectivity index (χ1) is 7.58. The van der Waals surface area contributed by atoms with E-state index in [2.05, 4.69) is 29.4 Å². The molecule has 1 N–H and O–H groups in total. The van der Waals surface area contributed by atoms with Gasteiger partial charge in [0.1, 0.15) is 0 Å². The Morgan fingerprint density at radius 2 is 2.19 bits per heavy atom. The Labute approximate surface area is 96.5 Å². The first-order valence-corrected chi connectivity index (χ1v) is 5.73. The van der Waals surface area contributed by atoms with Crippen molar-refractivity contribution in [3.63, 3.8) is 0 Å². The van der Waals surface area contributed by atoms with Crippen LogP contribution in [0.5, 0.6) is 0 Å². The van der Waals surface area contributed by atoms with Gasteiger partial charge in [0.2, 0.25) is 5.91 Å². The summed E-state index contributed by atoms with van der Waals surface area (Å²) in [6.45, 7) is 4.86. The van der Waals surface area contributed by atoms with Crippen LogP contribution in [0.2, 0.25) is 0 Å². The van der Waals surface area contributed by atoms with Crippen LogP contribution in [0, 0.1) is 5.92 Å². The first-order valence-electron chi connectivity index (χ1n) is 5.73. The molecule has 1 aliphatic heterocycles. The number of nitrogens with one attached hydrogen (secondary N) is 1. The van der Waals surface area contributed by atoms with Crippen molar-refractivity contribution in [2.24, 2.45) is 5.92 Å². The third kappa shape index (κ3) is 2.03. The zero-order valence-electron chi connectivity index (χ0n) is 10.1. The number of benzene rings is 1. The van der Waals surface area contributed by atoms with Crippen molar-refractivity contribution in [2.45, 2.75) is 20.3 Å². The van der Waals surface area contributed by atoms with Crippen LogP contribution in [0.4, 0.5) is 11.4 Å². The molecule has 86 valence electrons. The van der Waals surface area contributed by atoms with Gasteiger partial charge in [0.05, 0.1) is 0 Å². The lowest BCUT2D eigenvalue weighted by molar-refractivity contribution is -0.118. The van der Waals surface area contributed by atoms with Crippen LogP contribution in [0.25, 0.3) is 0 Å². The molecule has 2 rings (SSSR count). The van der Waals surface area contributed by atoms with Crippen LogP contribution in [0.15, 0.2) is 18.2 Å². The molecule has 1 aromatic carbocycles. The number of hydrogen-bond donors (Lipinski definition) is 1. The summed E-state index contributed by atoms with van der Waals surface area (Å²) in [5, 5.41) is 2.93. The molecular weight excluding hydrogens is 200 g/mol. The van der Waals surface area contributed by atoms with E-state index in [4.69, 9.17) is 0 Å². The highest BCUT2D eigenvalue weighted by Crippen LogP contribution is 2.29. The molecule has 0 bridgehead atoms. The fourth-order valence-corrected chi connectivity index (χ4v) is 1.93. The molecule has 3 heteroatoms. The van der Waals surface area contributed by atoms with Crippen molar-refractivity contribution in [3.8, 4) is 0 Å². The molecule has 3 nitrogen and oxygen atoms in total. The maximum absolute atomic E-state index is 11.6. The van der Waals surface area contributed by atoms with Crippen molar-refractivity contribution < 1.29 is 4.79 Å². The van der Waals surface area contributed by atoms with E-state index in [1.165, 1.54) is 11.3 Å². The molecule has 1 heterocycles. The Hall–Kier alpha value is -1.51. The smallest absolute Gasteiger partial charge is 0.226 e. The maximum atomic E-state index is 11.6. The van der Waals surface area contributed by atoms with Crippen LogP contribution in [-0.2, 0) is 11.2 Å². The second kappa shape index (κ2) is 4.16. The lowest BCUT2D eigenvalue weighted by Gasteiger charge is -2.13. The molecule has 1 aliphatic rings. The molecule has 0 spiro atoms. The predicted molar refractivity (Wildman–Crippen MR) is 66.9 cm³/mol. The van der Waals surface area contributed by atoms with Crippen molar-refractivity contribution in [1.82, 2.24) is 0 Å². The number of anilines is 2. The summed E-state index contributed by atoms with van der Waals surface area (Å²) in [5.41, 5.74) is 3.51. The van der Waals surface area contributed by atoms with Gasteiger partial charge in [-0.2, -0.15) is 0 Å². The molecule has 16 heavy (non-hydrogen) atoms. The van der Waals surface area contributed by atoms with Gasteiger partial charge >= 0.3 is 0 Å². The molecule has 0 unspecified atom stereocenters. The summed E-state index contributed by atoms with van der Waals surface area (Å²) >= 11 is 0. The first kappa shape index (κ1) is 11.0. The Kier molecular flexibility index (Phi) is 2.86. The van der Waals surface area contributed by atoms with E-state index in [-0.39, 0.29) is 11.8 Å². The summed E-state index contributed by atoms with van der Waals surface area (Å²) in [6, 6.07) is 6.14. The summed E-state index contributed by atoms with van der Waals surface area (Å²) in [4.78, 5) is 13.8. The van der Waals surface area contributed by atoms with E-state index in [1.54, 1.807) is 0 Å². The van der Waals surface area contributed by atoms with Crippen LogP contribution < -0.4 is 10.2 Å². The molecule has 0 aliphatic carbocycles. The Bertz CT molecular complexity index is 412. The average molecular weight is 218 g/mol. The monoisotopic (exact) mass is 218 g/mol. The van der Waals surface area contributed by atoms with E-state index in [0.29, 0.717) is 0 Å². The van der Waals surface area contributed by atoms with Gasteiger partial charge in [-0.1, -0.05) is 13.8 Å². The minimum absolute atomic E-state index is 0.0240. The number of carbonyl (C=O) groups excluding carboxylic acids is 1. The molecule has 0 saturated carbocycles. The summed E-state index contributed by atoms with van der Waals surface area (Å²) < 4.78 is 0. The van der Waals surface area contributed by atoms with Gasteiger partial charge in [0.15, 0.2) is 0 Å². The molecule has 0 radical (unpaired) electrons. The summed E-state index contributed by atoms with van der Waals surface area (Å²) in [5.74, 6) is 0.0993. The minimum atomic E-state index is 0.0240. The zero-order valence-corrected chi connectivity index (χ0v) is 10.1. The van der Waals surface area contributed by atoms with E-state index < -0.39 is 0 Å². The van der Waals surface area contributed by atoms with E-state index in [1.807, 2.05) is 19.9 Å². The number of likely N-dealkylation sites (N-methyl/N-ethyl adjacent to an activating group) is 1. The maximum Gasteiger partial charge on any atom is 0.226 e. The van der Waals surface area contributed by atoms with Gasteiger partial charge in [-0.05, 0) is 30.2 Å². The van der Waals surface area contributed by atoms with Gasteiger partial charge in [-0.15, -0.1) is 0 Å². The Morgan fingerprint density at radius 1 is 1.44 bits per heavy atom. The van der Waals surface area contributed by atoms with Crippen molar-refractivity contribution in [3.05, 3.63) is 23.8 Å². The van der Waals surface area contributed by atoms with E-state index in [0.717, 1.165) is 18.7 Å². The SMILES string of the molecule is CC(C)C(=O)Nc1ccc2c(c1)CCN2C. The standard InChI is InChI=1S/C13H18N2O/c1-9(2)13(16)14-11-4-5-12-10(8-11)6-7-15(12)3/h4-5,8-9H,6-7H2,1-3H3,(H,14,16). The molecule has 0 fully saturated rings. The third-order valence-electron chi connectivity index (χ3n) is 3.00. The van der Waals surface area contributed by atoms with Gasteiger partial charge in [0, 0.05) is 30.9 Å². The predicted octanol–water partition coefficient (Wildman–Crippen LogP) is 2.27. The number of nitrogens with zero attached hydrogens (tertiary/aromatic N) is 1. The fraction of sp³-hybridized carbons (Fsp3) is 0.462. The highest BCUT2D eigenvalue weighted by Gasteiger charge is 2.16. The van der Waals surface area contributed by atoms with Gasteiger partial charge in [-0.25, -0.2) is 0 Å². The zero-order chi connectivity index (χ0) is 11.7. The number of carbonyl (C=O) groups is 1.